The monoisotopic (exact) mass is 595 g/mol. The molecule has 0 bridgehead atoms. The van der Waals surface area contributed by atoms with E-state index in [-0.39, 0.29) is 16.4 Å². The van der Waals surface area contributed by atoms with Gasteiger partial charge in [0.25, 0.3) is 0 Å². The number of rotatable bonds is 7. The van der Waals surface area contributed by atoms with E-state index in [1.54, 1.807) is 0 Å². The number of aromatic nitrogens is 2. The largest absolute Gasteiger partial charge is 0.493 e. The fourth-order valence-electron chi connectivity index (χ4n) is 6.11. The molecular weight excluding hydrogens is 563 g/mol. The van der Waals surface area contributed by atoms with Crippen molar-refractivity contribution in [3.05, 3.63) is 125 Å². The van der Waals surface area contributed by atoms with Crippen molar-refractivity contribution in [2.24, 2.45) is 0 Å². The van der Waals surface area contributed by atoms with E-state index in [4.69, 9.17) is 16.3 Å². The summed E-state index contributed by atoms with van der Waals surface area (Å²) in [6.07, 6.45) is 0.546. The number of alkyl halides is 3. The van der Waals surface area contributed by atoms with Crippen LogP contribution in [-0.4, -0.2) is 47.4 Å². The van der Waals surface area contributed by atoms with E-state index in [2.05, 4.69) is 111 Å². The molecule has 0 N–H and O–H groups in total. The topological polar surface area (TPSA) is 47.5 Å². The van der Waals surface area contributed by atoms with Gasteiger partial charge < -0.3 is 9.47 Å². The number of hydrogen-bond acceptors (Lipinski definition) is 5. The van der Waals surface area contributed by atoms with Gasteiger partial charge in [-0.1, -0.05) is 103 Å². The summed E-state index contributed by atoms with van der Waals surface area (Å²) in [5.41, 5.74) is 2.05. The van der Waals surface area contributed by atoms with Crippen LogP contribution in [0.3, 0.4) is 0 Å². The van der Waals surface area contributed by atoms with Crippen LogP contribution in [0.25, 0.3) is 0 Å². The summed E-state index contributed by atoms with van der Waals surface area (Å²) in [5.74, 6) is -0.149. The first kappa shape index (κ1) is 30.0. The van der Waals surface area contributed by atoms with E-state index in [9.17, 15) is 13.2 Å². The van der Waals surface area contributed by atoms with E-state index in [1.165, 1.54) is 62.6 Å². The van der Waals surface area contributed by atoms with Crippen molar-refractivity contribution in [3.8, 4) is 5.75 Å². The minimum Gasteiger partial charge on any atom is -0.493 e. The third-order valence-electron chi connectivity index (χ3n) is 8.14. The zero-order valence-corrected chi connectivity index (χ0v) is 24.1. The van der Waals surface area contributed by atoms with Crippen LogP contribution in [0.1, 0.15) is 48.1 Å². The van der Waals surface area contributed by atoms with Crippen LogP contribution in [0.2, 0.25) is 5.15 Å². The third kappa shape index (κ3) is 6.16. The van der Waals surface area contributed by atoms with Gasteiger partial charge in [0.05, 0.1) is 13.7 Å². The Balaban J connectivity index is 0.000000229. The second-order valence-electron chi connectivity index (χ2n) is 10.6. The van der Waals surface area contributed by atoms with Crippen molar-refractivity contribution >= 4 is 11.6 Å². The lowest BCUT2D eigenvalue weighted by molar-refractivity contribution is -0.141. The summed E-state index contributed by atoms with van der Waals surface area (Å²) in [7, 11) is 1.20. The molecule has 0 unspecified atom stereocenters. The summed E-state index contributed by atoms with van der Waals surface area (Å²) in [5, 5.41) is 5.76. The summed E-state index contributed by atoms with van der Waals surface area (Å²) in [6.45, 7) is 3.21. The Bertz CT molecular complexity index is 1330. The van der Waals surface area contributed by atoms with Gasteiger partial charge >= 0.3 is 6.18 Å². The molecule has 0 amide bonds. The van der Waals surface area contributed by atoms with E-state index < -0.39 is 17.5 Å². The Kier molecular flexibility index (Phi) is 9.16. The molecule has 2 fully saturated rings. The maximum absolute atomic E-state index is 12.0. The van der Waals surface area contributed by atoms with Crippen molar-refractivity contribution in [1.82, 2.24) is 15.1 Å². The third-order valence-corrected chi connectivity index (χ3v) is 8.40. The minimum atomic E-state index is -4.54. The molecule has 2 aliphatic heterocycles. The lowest BCUT2D eigenvalue weighted by atomic mass is 9.79. The maximum Gasteiger partial charge on any atom is 0.435 e. The number of ether oxygens (including phenoxy) is 2. The Labute approximate surface area is 249 Å². The second-order valence-corrected chi connectivity index (χ2v) is 10.9. The number of benzene rings is 3. The van der Waals surface area contributed by atoms with Gasteiger partial charge in [0, 0.05) is 11.6 Å². The summed E-state index contributed by atoms with van der Waals surface area (Å²) in [4.78, 5) is 2.68. The van der Waals surface area contributed by atoms with Crippen LogP contribution in [0.4, 0.5) is 13.2 Å². The SMILES string of the molecule is COc1cc(C(F)(F)F)nnc1Cl.c1ccc(C(OCC23CCCN2CCC3)(c2ccccc2)c2ccccc2)cc1. The number of methoxy groups -OCH3 is 1. The molecule has 42 heavy (non-hydrogen) atoms. The molecule has 2 saturated heterocycles. The van der Waals surface area contributed by atoms with Crippen molar-refractivity contribution in [1.29, 1.82) is 0 Å². The predicted octanol–water partition coefficient (Wildman–Crippen LogP) is 7.78. The first-order valence-electron chi connectivity index (χ1n) is 14.0. The van der Waals surface area contributed by atoms with Crippen molar-refractivity contribution in [2.45, 2.75) is 43.0 Å². The predicted molar refractivity (Wildman–Crippen MR) is 157 cm³/mol. The number of nitrogens with zero attached hydrogens (tertiary/aromatic N) is 3. The summed E-state index contributed by atoms with van der Waals surface area (Å²) < 4.78 is 47.8. The first-order valence-corrected chi connectivity index (χ1v) is 14.4. The van der Waals surface area contributed by atoms with Crippen molar-refractivity contribution in [2.75, 3.05) is 26.8 Å². The molecule has 3 heterocycles. The lowest BCUT2D eigenvalue weighted by Crippen LogP contribution is -2.46. The van der Waals surface area contributed by atoms with Gasteiger partial charge in [0.1, 0.15) is 5.60 Å². The van der Waals surface area contributed by atoms with Crippen molar-refractivity contribution < 1.29 is 22.6 Å². The number of fused-ring (bicyclic) bond motifs is 1. The Hall–Kier alpha value is -3.46. The fourth-order valence-corrected chi connectivity index (χ4v) is 6.28. The molecule has 6 rings (SSSR count). The Morgan fingerprint density at radius 1 is 0.786 bits per heavy atom. The van der Waals surface area contributed by atoms with Crippen molar-refractivity contribution in [3.63, 3.8) is 0 Å². The smallest absolute Gasteiger partial charge is 0.435 e. The molecule has 9 heteroatoms. The molecular formula is C33H33ClF3N3O2. The molecule has 5 nitrogen and oxygen atoms in total. The highest BCUT2D eigenvalue weighted by atomic mass is 35.5. The average molecular weight is 596 g/mol. The van der Waals surface area contributed by atoms with E-state index in [0.717, 1.165) is 6.61 Å². The highest BCUT2D eigenvalue weighted by Crippen LogP contribution is 2.45. The van der Waals surface area contributed by atoms with Crippen LogP contribution in [0.5, 0.6) is 5.75 Å². The fraction of sp³-hybridized carbons (Fsp3) is 0.333. The van der Waals surface area contributed by atoms with E-state index in [1.807, 2.05) is 0 Å². The van der Waals surface area contributed by atoms with Crippen LogP contribution >= 0.6 is 11.6 Å². The first-order chi connectivity index (χ1) is 20.3. The summed E-state index contributed by atoms with van der Waals surface area (Å²) >= 11 is 5.38. The van der Waals surface area contributed by atoms with Gasteiger partial charge in [0.2, 0.25) is 0 Å². The zero-order chi connectivity index (χ0) is 29.6. The Morgan fingerprint density at radius 2 is 1.26 bits per heavy atom. The highest BCUT2D eigenvalue weighted by Gasteiger charge is 2.47. The second kappa shape index (κ2) is 12.8. The normalized spacial score (nSPS) is 16.4. The van der Waals surface area contributed by atoms with Gasteiger partial charge in [-0.25, -0.2) is 0 Å². The molecule has 2 aliphatic rings. The van der Waals surface area contributed by atoms with Crippen LogP contribution in [-0.2, 0) is 16.5 Å². The van der Waals surface area contributed by atoms with Crippen LogP contribution in [0, 0.1) is 0 Å². The molecule has 1 aromatic heterocycles. The molecule has 0 radical (unpaired) electrons. The molecule has 4 aromatic rings. The highest BCUT2D eigenvalue weighted by molar-refractivity contribution is 6.30. The van der Waals surface area contributed by atoms with Crippen LogP contribution < -0.4 is 4.74 Å². The van der Waals surface area contributed by atoms with Gasteiger partial charge in [-0.3, -0.25) is 4.90 Å². The standard InChI is InChI=1S/C27H29NO.C6H4ClF3N2O/c1-4-12-23(13-5-1)27(24-14-6-2-7-15-24,25-16-8-3-9-17-25)29-22-26-18-10-20-28(26)21-11-19-26;1-13-3-2-4(6(8,9)10)11-12-5(3)7/h1-9,12-17H,10-11,18-22H2;2H,1H3. The van der Waals surface area contributed by atoms with Gasteiger partial charge in [0.15, 0.2) is 16.6 Å². The number of halogens is 4. The van der Waals surface area contributed by atoms with E-state index in [0.29, 0.717) is 6.07 Å². The van der Waals surface area contributed by atoms with Gasteiger partial charge in [-0.15, -0.1) is 10.2 Å². The number of hydrogen-bond donors (Lipinski definition) is 0. The minimum absolute atomic E-state index is 0.149. The van der Waals surface area contributed by atoms with Crippen LogP contribution in [0.15, 0.2) is 97.1 Å². The van der Waals surface area contributed by atoms with Gasteiger partial charge in [-0.2, -0.15) is 13.2 Å². The average Bonchev–Trinajstić information content (AvgIpc) is 3.60. The molecule has 0 aliphatic carbocycles. The molecule has 3 aromatic carbocycles. The maximum atomic E-state index is 12.0. The van der Waals surface area contributed by atoms with Gasteiger partial charge in [-0.05, 0) is 55.5 Å². The zero-order valence-electron chi connectivity index (χ0n) is 23.4. The summed E-state index contributed by atoms with van der Waals surface area (Å²) in [6, 6.07) is 32.9. The molecule has 220 valence electrons. The molecule has 0 atom stereocenters. The molecule has 0 spiro atoms. The molecule has 0 saturated carbocycles. The quantitative estimate of drug-likeness (QED) is 0.204. The van der Waals surface area contributed by atoms with E-state index >= 15 is 0 Å². The Morgan fingerprint density at radius 3 is 1.69 bits per heavy atom. The lowest BCUT2D eigenvalue weighted by Gasteiger charge is -2.40.